The molecule has 1 aliphatic rings. The van der Waals surface area contributed by atoms with Crippen LogP contribution in [0.5, 0.6) is 0 Å². The van der Waals surface area contributed by atoms with Crippen molar-refractivity contribution in [1.82, 2.24) is 19.8 Å². The summed E-state index contributed by atoms with van der Waals surface area (Å²) in [5, 5.41) is 0. The molecule has 0 unspecified atom stereocenters. The van der Waals surface area contributed by atoms with E-state index in [9.17, 15) is 4.79 Å². The van der Waals surface area contributed by atoms with E-state index in [1.165, 1.54) is 6.33 Å². The maximum atomic E-state index is 12.3. The Hall–Kier alpha value is -1.53. The summed E-state index contributed by atoms with van der Waals surface area (Å²) in [6, 6.07) is 0. The van der Waals surface area contributed by atoms with Crippen molar-refractivity contribution in [2.24, 2.45) is 5.73 Å². The molecule has 2 N–H and O–H groups in total. The molecule has 1 fully saturated rings. The molecule has 0 bridgehead atoms. The Morgan fingerprint density at radius 2 is 1.95 bits per heavy atom. The summed E-state index contributed by atoms with van der Waals surface area (Å²) in [6.45, 7) is 5.40. The largest absolute Gasteiger partial charge is 0.337 e. The summed E-state index contributed by atoms with van der Waals surface area (Å²) >= 11 is 0. The fraction of sp³-hybridized carbons (Fsp3) is 0.643. The van der Waals surface area contributed by atoms with E-state index in [-0.39, 0.29) is 5.91 Å². The number of nitrogens with zero attached hydrogens (tertiary/aromatic N) is 4. The molecule has 0 atom stereocenters. The standard InChI is InChI=1S/C14H23N5O/c15-4-1-2-5-18-6-3-7-19(9-8-18)14(20)13-10-16-12-17-11-13/h10-12H,1-9,15H2. The molecule has 0 radical (unpaired) electrons. The van der Waals surface area contributed by atoms with E-state index < -0.39 is 0 Å². The van der Waals surface area contributed by atoms with Crippen molar-refractivity contribution in [2.75, 3.05) is 39.3 Å². The number of aromatic nitrogens is 2. The predicted octanol–water partition coefficient (Wildman–Crippen LogP) is 0.363. The Bertz CT molecular complexity index is 411. The number of nitrogens with two attached hydrogens (primary N) is 1. The molecule has 6 heteroatoms. The SMILES string of the molecule is NCCCCN1CCCN(C(=O)c2cncnc2)CC1. The van der Waals surface area contributed by atoms with Crippen molar-refractivity contribution < 1.29 is 4.79 Å². The molecular formula is C14H23N5O. The van der Waals surface area contributed by atoms with Crippen molar-refractivity contribution in [1.29, 1.82) is 0 Å². The first-order chi connectivity index (χ1) is 9.81. The first kappa shape index (κ1) is 14.9. The van der Waals surface area contributed by atoms with Gasteiger partial charge in [0, 0.05) is 32.0 Å². The van der Waals surface area contributed by atoms with Crippen LogP contribution in [0.15, 0.2) is 18.7 Å². The molecule has 0 aromatic carbocycles. The van der Waals surface area contributed by atoms with Gasteiger partial charge in [-0.1, -0.05) is 0 Å². The van der Waals surface area contributed by atoms with Crippen LogP contribution in [0.2, 0.25) is 0 Å². The monoisotopic (exact) mass is 277 g/mol. The lowest BCUT2D eigenvalue weighted by atomic mass is 10.3. The third-order valence-electron chi connectivity index (χ3n) is 3.61. The lowest BCUT2D eigenvalue weighted by Crippen LogP contribution is -2.35. The molecule has 20 heavy (non-hydrogen) atoms. The summed E-state index contributed by atoms with van der Waals surface area (Å²) in [6.07, 6.45) is 7.83. The van der Waals surface area contributed by atoms with Crippen LogP contribution in [0.25, 0.3) is 0 Å². The van der Waals surface area contributed by atoms with Crippen molar-refractivity contribution in [2.45, 2.75) is 19.3 Å². The second-order valence-electron chi connectivity index (χ2n) is 5.11. The van der Waals surface area contributed by atoms with E-state index in [4.69, 9.17) is 5.73 Å². The zero-order valence-electron chi connectivity index (χ0n) is 11.9. The molecule has 2 rings (SSSR count). The zero-order chi connectivity index (χ0) is 14.2. The average molecular weight is 277 g/mol. The maximum Gasteiger partial charge on any atom is 0.257 e. The number of carbonyl (C=O) groups is 1. The number of unbranched alkanes of at least 4 members (excludes halogenated alkanes) is 1. The van der Waals surface area contributed by atoms with Crippen LogP contribution >= 0.6 is 0 Å². The summed E-state index contributed by atoms with van der Waals surface area (Å²) in [7, 11) is 0. The van der Waals surface area contributed by atoms with Gasteiger partial charge in [0.05, 0.1) is 5.56 Å². The minimum atomic E-state index is 0.0365. The first-order valence-electron chi connectivity index (χ1n) is 7.28. The molecule has 1 aromatic heterocycles. The number of amides is 1. The van der Waals surface area contributed by atoms with Gasteiger partial charge < -0.3 is 15.5 Å². The topological polar surface area (TPSA) is 75.3 Å². The average Bonchev–Trinajstić information content (AvgIpc) is 2.73. The van der Waals surface area contributed by atoms with E-state index in [0.717, 1.165) is 58.5 Å². The molecule has 1 saturated heterocycles. The molecular weight excluding hydrogens is 254 g/mol. The van der Waals surface area contributed by atoms with Gasteiger partial charge in [-0.2, -0.15) is 0 Å². The van der Waals surface area contributed by atoms with Crippen LogP contribution in [0, 0.1) is 0 Å². The summed E-state index contributed by atoms with van der Waals surface area (Å²) in [5.74, 6) is 0.0365. The minimum Gasteiger partial charge on any atom is -0.337 e. The van der Waals surface area contributed by atoms with E-state index in [2.05, 4.69) is 14.9 Å². The Morgan fingerprint density at radius 1 is 1.15 bits per heavy atom. The minimum absolute atomic E-state index is 0.0365. The van der Waals surface area contributed by atoms with Gasteiger partial charge in [-0.3, -0.25) is 4.79 Å². The van der Waals surface area contributed by atoms with Crippen LogP contribution in [-0.4, -0.2) is 64.9 Å². The fourth-order valence-electron chi connectivity index (χ4n) is 2.47. The summed E-state index contributed by atoms with van der Waals surface area (Å²) in [5.41, 5.74) is 6.09. The number of carbonyl (C=O) groups excluding carboxylic acids is 1. The molecule has 110 valence electrons. The molecule has 0 aliphatic carbocycles. The van der Waals surface area contributed by atoms with Gasteiger partial charge >= 0.3 is 0 Å². The molecule has 0 saturated carbocycles. The lowest BCUT2D eigenvalue weighted by molar-refractivity contribution is 0.0760. The highest BCUT2D eigenvalue weighted by Crippen LogP contribution is 2.08. The second-order valence-corrected chi connectivity index (χ2v) is 5.11. The Morgan fingerprint density at radius 3 is 2.70 bits per heavy atom. The second kappa shape index (κ2) is 7.91. The molecule has 2 heterocycles. The molecule has 1 amide bonds. The van der Waals surface area contributed by atoms with Gasteiger partial charge in [0.2, 0.25) is 0 Å². The van der Waals surface area contributed by atoms with Gasteiger partial charge in [0.1, 0.15) is 6.33 Å². The Labute approximate surface area is 120 Å². The van der Waals surface area contributed by atoms with Crippen molar-refractivity contribution in [3.8, 4) is 0 Å². The maximum absolute atomic E-state index is 12.3. The van der Waals surface area contributed by atoms with Gasteiger partial charge in [-0.15, -0.1) is 0 Å². The summed E-state index contributed by atoms with van der Waals surface area (Å²) in [4.78, 5) is 24.5. The highest BCUT2D eigenvalue weighted by molar-refractivity contribution is 5.93. The zero-order valence-corrected chi connectivity index (χ0v) is 11.9. The third kappa shape index (κ3) is 4.25. The van der Waals surface area contributed by atoms with Crippen molar-refractivity contribution in [3.63, 3.8) is 0 Å². The summed E-state index contributed by atoms with van der Waals surface area (Å²) < 4.78 is 0. The smallest absolute Gasteiger partial charge is 0.257 e. The normalized spacial score (nSPS) is 16.9. The number of hydrogen-bond acceptors (Lipinski definition) is 5. The molecule has 6 nitrogen and oxygen atoms in total. The fourth-order valence-corrected chi connectivity index (χ4v) is 2.47. The van der Waals surface area contributed by atoms with Crippen LogP contribution in [0.4, 0.5) is 0 Å². The van der Waals surface area contributed by atoms with Crippen LogP contribution in [-0.2, 0) is 0 Å². The van der Waals surface area contributed by atoms with E-state index in [1.807, 2.05) is 4.90 Å². The Kier molecular flexibility index (Phi) is 5.88. The highest BCUT2D eigenvalue weighted by atomic mass is 16.2. The van der Waals surface area contributed by atoms with Gasteiger partial charge in [0.25, 0.3) is 5.91 Å². The van der Waals surface area contributed by atoms with E-state index in [1.54, 1.807) is 12.4 Å². The quantitative estimate of drug-likeness (QED) is 0.787. The molecule has 1 aromatic rings. The first-order valence-corrected chi connectivity index (χ1v) is 7.28. The van der Waals surface area contributed by atoms with Crippen molar-refractivity contribution in [3.05, 3.63) is 24.3 Å². The number of hydrogen-bond donors (Lipinski definition) is 1. The highest BCUT2D eigenvalue weighted by Gasteiger charge is 2.20. The molecule has 1 aliphatic heterocycles. The van der Waals surface area contributed by atoms with Crippen LogP contribution < -0.4 is 5.73 Å². The third-order valence-corrected chi connectivity index (χ3v) is 3.61. The van der Waals surface area contributed by atoms with Gasteiger partial charge in [0.15, 0.2) is 0 Å². The number of rotatable bonds is 5. The van der Waals surface area contributed by atoms with E-state index in [0.29, 0.717) is 5.56 Å². The van der Waals surface area contributed by atoms with Crippen LogP contribution in [0.3, 0.4) is 0 Å². The molecule has 0 spiro atoms. The predicted molar refractivity (Wildman–Crippen MR) is 77.3 cm³/mol. The lowest BCUT2D eigenvalue weighted by Gasteiger charge is -2.21. The van der Waals surface area contributed by atoms with Crippen LogP contribution in [0.1, 0.15) is 29.6 Å². The van der Waals surface area contributed by atoms with Crippen molar-refractivity contribution >= 4 is 5.91 Å². The Balaban J connectivity index is 1.85. The van der Waals surface area contributed by atoms with E-state index >= 15 is 0 Å². The van der Waals surface area contributed by atoms with Gasteiger partial charge in [-0.25, -0.2) is 9.97 Å². The van der Waals surface area contributed by atoms with Gasteiger partial charge in [-0.05, 0) is 38.9 Å².